The van der Waals surface area contributed by atoms with Crippen LogP contribution in [0.1, 0.15) is 22.8 Å². The van der Waals surface area contributed by atoms with E-state index in [0.717, 1.165) is 23.1 Å². The van der Waals surface area contributed by atoms with E-state index in [0.29, 0.717) is 17.1 Å². The molecule has 0 aliphatic heterocycles. The van der Waals surface area contributed by atoms with Gasteiger partial charge in [-0.3, -0.25) is 4.79 Å². The molecule has 28 heavy (non-hydrogen) atoms. The van der Waals surface area contributed by atoms with Crippen molar-refractivity contribution in [2.45, 2.75) is 25.5 Å². The molecule has 0 unspecified atom stereocenters. The summed E-state index contributed by atoms with van der Waals surface area (Å²) in [5.74, 6) is 2.21. The molecule has 0 saturated carbocycles. The summed E-state index contributed by atoms with van der Waals surface area (Å²) in [5, 5.41) is 9.37. The molecule has 1 heterocycles. The van der Waals surface area contributed by atoms with Crippen molar-refractivity contribution in [2.24, 2.45) is 0 Å². The zero-order valence-corrected chi connectivity index (χ0v) is 17.2. The number of Topliss-reactive ketones (excluding diaryl/α,β-unsaturated/α-hetero) is 1. The Morgan fingerprint density at radius 1 is 1.07 bits per heavy atom. The number of nitrogens with zero attached hydrogens (tertiary/aromatic N) is 3. The van der Waals surface area contributed by atoms with E-state index in [-0.39, 0.29) is 11.5 Å². The van der Waals surface area contributed by atoms with Gasteiger partial charge >= 0.3 is 0 Å². The maximum absolute atomic E-state index is 12.6. The van der Waals surface area contributed by atoms with E-state index in [1.807, 2.05) is 36.6 Å². The van der Waals surface area contributed by atoms with Crippen LogP contribution < -0.4 is 9.47 Å². The molecule has 6 nitrogen and oxygen atoms in total. The Hall–Kier alpha value is -2.80. The number of rotatable bonds is 8. The fraction of sp³-hybridized carbons (Fsp3) is 0.286. The summed E-state index contributed by atoms with van der Waals surface area (Å²) in [6, 6.07) is 13.3. The molecular formula is C21H23N3O3S. The van der Waals surface area contributed by atoms with E-state index >= 15 is 0 Å². The van der Waals surface area contributed by atoms with Crippen LogP contribution in [0, 0.1) is 6.92 Å². The third-order valence-corrected chi connectivity index (χ3v) is 5.31. The van der Waals surface area contributed by atoms with Gasteiger partial charge in [0.05, 0.1) is 20.0 Å². The quantitative estimate of drug-likeness (QED) is 0.418. The number of carbonyl (C=O) groups excluding carboxylic acids is 1. The summed E-state index contributed by atoms with van der Waals surface area (Å²) in [5.41, 5.74) is 2.76. The van der Waals surface area contributed by atoms with Crippen LogP contribution in [0.25, 0.3) is 11.4 Å². The Labute approximate surface area is 168 Å². The number of aromatic nitrogens is 3. The topological polar surface area (TPSA) is 66.2 Å². The lowest BCUT2D eigenvalue weighted by Crippen LogP contribution is -2.06. The second-order valence-corrected chi connectivity index (χ2v) is 7.14. The Morgan fingerprint density at radius 2 is 1.86 bits per heavy atom. The summed E-state index contributed by atoms with van der Waals surface area (Å²) < 4.78 is 12.5. The fourth-order valence-corrected chi connectivity index (χ4v) is 3.80. The van der Waals surface area contributed by atoms with Crippen molar-refractivity contribution in [3.63, 3.8) is 0 Å². The van der Waals surface area contributed by atoms with Crippen LogP contribution in [-0.4, -0.2) is 40.5 Å². The molecule has 0 atom stereocenters. The molecule has 0 spiro atoms. The largest absolute Gasteiger partial charge is 0.493 e. The Kier molecular flexibility index (Phi) is 6.36. The summed E-state index contributed by atoms with van der Waals surface area (Å²) >= 11 is 1.39. The van der Waals surface area contributed by atoms with E-state index in [9.17, 15) is 4.79 Å². The van der Waals surface area contributed by atoms with Crippen molar-refractivity contribution >= 4 is 17.5 Å². The molecule has 0 fully saturated rings. The zero-order chi connectivity index (χ0) is 20.1. The number of hydrogen-bond acceptors (Lipinski definition) is 6. The minimum Gasteiger partial charge on any atom is -0.493 e. The number of thioether (sulfide) groups is 1. The molecule has 0 aliphatic carbocycles. The average molecular weight is 398 g/mol. The predicted molar refractivity (Wildman–Crippen MR) is 110 cm³/mol. The zero-order valence-electron chi connectivity index (χ0n) is 16.4. The van der Waals surface area contributed by atoms with Crippen LogP contribution in [0.3, 0.4) is 0 Å². The molecule has 0 N–H and O–H groups in total. The van der Waals surface area contributed by atoms with Gasteiger partial charge in [0.1, 0.15) is 0 Å². The molecule has 0 saturated heterocycles. The Balaban J connectivity index is 1.77. The van der Waals surface area contributed by atoms with Crippen LogP contribution in [0.5, 0.6) is 11.5 Å². The maximum Gasteiger partial charge on any atom is 0.191 e. The highest BCUT2D eigenvalue weighted by Gasteiger charge is 2.16. The summed E-state index contributed by atoms with van der Waals surface area (Å²) in [6.45, 7) is 4.82. The fourth-order valence-electron chi connectivity index (χ4n) is 2.90. The molecule has 7 heteroatoms. The third kappa shape index (κ3) is 4.20. The number of hydrogen-bond donors (Lipinski definition) is 0. The van der Waals surface area contributed by atoms with Crippen molar-refractivity contribution in [1.82, 2.24) is 14.8 Å². The highest BCUT2D eigenvalue weighted by atomic mass is 32.2. The van der Waals surface area contributed by atoms with Gasteiger partial charge in [-0.05, 0) is 38.1 Å². The lowest BCUT2D eigenvalue weighted by Gasteiger charge is -2.09. The van der Waals surface area contributed by atoms with Crippen LogP contribution in [-0.2, 0) is 6.54 Å². The molecule has 3 aromatic rings. The molecule has 0 amide bonds. The van der Waals surface area contributed by atoms with Gasteiger partial charge in [0.2, 0.25) is 0 Å². The molecular weight excluding hydrogens is 374 g/mol. The number of benzene rings is 2. The van der Waals surface area contributed by atoms with Gasteiger partial charge in [-0.15, -0.1) is 10.2 Å². The SMILES string of the molecule is CCn1c(SCC(=O)c2ccc(OC)c(OC)c2)nnc1-c1cccc(C)c1. The van der Waals surface area contributed by atoms with Crippen LogP contribution in [0.4, 0.5) is 0 Å². The second kappa shape index (κ2) is 8.93. The molecule has 0 radical (unpaired) electrons. The van der Waals surface area contributed by atoms with Gasteiger partial charge in [0, 0.05) is 17.7 Å². The van der Waals surface area contributed by atoms with E-state index in [2.05, 4.69) is 16.3 Å². The van der Waals surface area contributed by atoms with Gasteiger partial charge < -0.3 is 14.0 Å². The van der Waals surface area contributed by atoms with Gasteiger partial charge in [-0.2, -0.15) is 0 Å². The van der Waals surface area contributed by atoms with Crippen LogP contribution in [0.15, 0.2) is 47.6 Å². The van der Waals surface area contributed by atoms with E-state index in [1.54, 1.807) is 32.4 Å². The average Bonchev–Trinajstić information content (AvgIpc) is 3.14. The van der Waals surface area contributed by atoms with Crippen molar-refractivity contribution in [3.8, 4) is 22.9 Å². The van der Waals surface area contributed by atoms with E-state index in [1.165, 1.54) is 17.3 Å². The lowest BCUT2D eigenvalue weighted by molar-refractivity contribution is 0.102. The minimum absolute atomic E-state index is 0.00582. The third-order valence-electron chi connectivity index (χ3n) is 4.35. The maximum atomic E-state index is 12.6. The molecule has 146 valence electrons. The van der Waals surface area contributed by atoms with Gasteiger partial charge in [-0.25, -0.2) is 0 Å². The first kappa shape index (κ1) is 19.9. The number of ether oxygens (including phenoxy) is 2. The number of ketones is 1. The van der Waals surface area contributed by atoms with Crippen molar-refractivity contribution in [3.05, 3.63) is 53.6 Å². The van der Waals surface area contributed by atoms with Crippen molar-refractivity contribution < 1.29 is 14.3 Å². The van der Waals surface area contributed by atoms with Crippen molar-refractivity contribution in [1.29, 1.82) is 0 Å². The first-order valence-corrected chi connectivity index (χ1v) is 9.94. The smallest absolute Gasteiger partial charge is 0.191 e. The summed E-state index contributed by atoms with van der Waals surface area (Å²) in [4.78, 5) is 12.6. The standard InChI is InChI=1S/C21H23N3O3S/c1-5-24-20(16-8-6-7-14(2)11-16)22-23-21(24)28-13-17(25)15-9-10-18(26-3)19(12-15)27-4/h6-12H,5,13H2,1-4H3. The molecule has 3 rings (SSSR count). The molecule has 0 aliphatic rings. The van der Waals surface area contributed by atoms with E-state index < -0.39 is 0 Å². The van der Waals surface area contributed by atoms with Gasteiger partial charge in [0.15, 0.2) is 28.3 Å². The first-order chi connectivity index (χ1) is 13.6. The van der Waals surface area contributed by atoms with Crippen LogP contribution in [0.2, 0.25) is 0 Å². The number of carbonyl (C=O) groups is 1. The highest BCUT2D eigenvalue weighted by molar-refractivity contribution is 7.99. The second-order valence-electron chi connectivity index (χ2n) is 6.20. The summed E-state index contributed by atoms with van der Waals surface area (Å²) in [7, 11) is 3.12. The van der Waals surface area contributed by atoms with E-state index in [4.69, 9.17) is 9.47 Å². The monoisotopic (exact) mass is 397 g/mol. The van der Waals surface area contributed by atoms with Crippen LogP contribution >= 0.6 is 11.8 Å². The Morgan fingerprint density at radius 3 is 2.54 bits per heavy atom. The number of aryl methyl sites for hydroxylation is 1. The lowest BCUT2D eigenvalue weighted by atomic mass is 10.1. The molecule has 1 aromatic heterocycles. The molecule has 0 bridgehead atoms. The highest BCUT2D eigenvalue weighted by Crippen LogP contribution is 2.29. The minimum atomic E-state index is -0.00582. The normalized spacial score (nSPS) is 10.7. The predicted octanol–water partition coefficient (Wildman–Crippen LogP) is 4.27. The Bertz CT molecular complexity index is 985. The molecule has 2 aromatic carbocycles. The number of methoxy groups -OCH3 is 2. The van der Waals surface area contributed by atoms with Gasteiger partial charge in [-0.1, -0.05) is 35.5 Å². The van der Waals surface area contributed by atoms with Gasteiger partial charge in [0.25, 0.3) is 0 Å². The summed E-state index contributed by atoms with van der Waals surface area (Å²) in [6.07, 6.45) is 0. The van der Waals surface area contributed by atoms with Crippen molar-refractivity contribution in [2.75, 3.05) is 20.0 Å². The first-order valence-electron chi connectivity index (χ1n) is 8.95.